The van der Waals surface area contributed by atoms with E-state index in [9.17, 15) is 14.9 Å². The highest BCUT2D eigenvalue weighted by Crippen LogP contribution is 2.27. The number of ether oxygens (including phenoxy) is 1. The van der Waals surface area contributed by atoms with Crippen LogP contribution in [0.4, 0.5) is 5.69 Å². The van der Waals surface area contributed by atoms with Gasteiger partial charge in [-0.05, 0) is 67.9 Å². The first-order valence-corrected chi connectivity index (χ1v) is 11.4. The third-order valence-electron chi connectivity index (χ3n) is 5.71. The van der Waals surface area contributed by atoms with Crippen molar-refractivity contribution in [2.45, 2.75) is 67.3 Å². The second-order valence-corrected chi connectivity index (χ2v) is 9.15. The smallest absolute Gasteiger partial charge is 0.349 e. The van der Waals surface area contributed by atoms with Crippen molar-refractivity contribution < 1.29 is 14.3 Å². The van der Waals surface area contributed by atoms with Gasteiger partial charge >= 0.3 is 5.97 Å². The Morgan fingerprint density at radius 3 is 2.48 bits per heavy atom. The monoisotopic (exact) mass is 449 g/mol. The first kappa shape index (κ1) is 25.9. The van der Waals surface area contributed by atoms with E-state index in [1.54, 1.807) is 0 Å². The molecule has 1 amide bonds. The number of aryl methyl sites for hydroxylation is 2. The molecular weight excluding hydrogens is 414 g/mol. The summed E-state index contributed by atoms with van der Waals surface area (Å²) in [4.78, 5) is 24.9. The Morgan fingerprint density at radius 1 is 1.18 bits per heavy atom. The second-order valence-electron chi connectivity index (χ2n) is 9.15. The van der Waals surface area contributed by atoms with Crippen LogP contribution in [0.2, 0.25) is 0 Å². The van der Waals surface area contributed by atoms with Gasteiger partial charge in [-0.2, -0.15) is 5.26 Å². The molecule has 1 N–H and O–H groups in total. The van der Waals surface area contributed by atoms with Crippen molar-refractivity contribution in [3.05, 3.63) is 57.9 Å². The second kappa shape index (κ2) is 11.5. The molecule has 176 valence electrons. The fraction of sp³-hybridized carbons (Fsp3) is 0.444. The van der Waals surface area contributed by atoms with Gasteiger partial charge < -0.3 is 14.6 Å². The number of hydrogen-bond donors (Lipinski definition) is 1. The number of amides is 1. The molecule has 1 aromatic heterocycles. The van der Waals surface area contributed by atoms with Crippen LogP contribution in [0, 0.1) is 38.0 Å². The van der Waals surface area contributed by atoms with E-state index in [2.05, 4.69) is 23.7 Å². The minimum Gasteiger partial charge on any atom is -0.451 e. The predicted molar refractivity (Wildman–Crippen MR) is 132 cm³/mol. The number of anilines is 1. The Morgan fingerprint density at radius 2 is 1.88 bits per heavy atom. The first-order chi connectivity index (χ1) is 15.5. The van der Waals surface area contributed by atoms with Gasteiger partial charge in [0.2, 0.25) is 0 Å². The van der Waals surface area contributed by atoms with E-state index in [1.807, 2.05) is 65.0 Å². The van der Waals surface area contributed by atoms with Gasteiger partial charge in [-0.25, -0.2) is 4.79 Å². The highest BCUT2D eigenvalue weighted by Gasteiger charge is 2.17. The number of esters is 1. The van der Waals surface area contributed by atoms with Crippen LogP contribution in [0.25, 0.3) is 6.08 Å². The summed E-state index contributed by atoms with van der Waals surface area (Å²) in [5.41, 5.74) is 5.42. The molecule has 0 radical (unpaired) electrons. The molecular formula is C27H35N3O3. The number of rotatable bonds is 9. The summed E-state index contributed by atoms with van der Waals surface area (Å²) in [6.07, 6.45) is 2.58. The molecule has 0 saturated carbocycles. The lowest BCUT2D eigenvalue weighted by molar-refractivity contribution is -0.142. The van der Waals surface area contributed by atoms with E-state index in [0.29, 0.717) is 5.92 Å². The van der Waals surface area contributed by atoms with Crippen LogP contribution in [-0.4, -0.2) is 23.1 Å². The number of nitrogens with zero attached hydrogens (tertiary/aromatic N) is 2. The number of nitrogens with one attached hydrogen (secondary N) is 1. The number of nitriles is 1. The standard InChI is InChI=1S/C27H35N3O3/c1-17(2)11-12-30-20(6)13-22(21(30)7)14-23(15-28)27(32)33-16-25(31)29-26-19(5)9-8-10-24(26)18(3)4/h8-10,13-14,17-18H,11-12,16H2,1-7H3,(H,29,31)/b23-14+. The van der Waals surface area contributed by atoms with Crippen LogP contribution in [0.3, 0.4) is 0 Å². The highest BCUT2D eigenvalue weighted by molar-refractivity contribution is 6.00. The van der Waals surface area contributed by atoms with E-state index in [4.69, 9.17) is 4.74 Å². The molecule has 0 aliphatic rings. The fourth-order valence-electron chi connectivity index (χ4n) is 3.72. The van der Waals surface area contributed by atoms with Gasteiger partial charge in [0.1, 0.15) is 11.6 Å². The maximum Gasteiger partial charge on any atom is 0.349 e. The molecule has 0 aliphatic heterocycles. The zero-order chi connectivity index (χ0) is 24.7. The number of carbonyl (C=O) groups is 2. The van der Waals surface area contributed by atoms with E-state index >= 15 is 0 Å². The molecule has 0 aliphatic carbocycles. The molecule has 0 fully saturated rings. The van der Waals surface area contributed by atoms with Crippen molar-refractivity contribution in [1.82, 2.24) is 4.57 Å². The van der Waals surface area contributed by atoms with Gasteiger partial charge in [-0.15, -0.1) is 0 Å². The first-order valence-electron chi connectivity index (χ1n) is 11.4. The van der Waals surface area contributed by atoms with Crippen molar-refractivity contribution in [2.24, 2.45) is 5.92 Å². The molecule has 6 heteroatoms. The average Bonchev–Trinajstić information content (AvgIpc) is 3.02. The van der Waals surface area contributed by atoms with Gasteiger partial charge in [0.15, 0.2) is 6.61 Å². The van der Waals surface area contributed by atoms with Crippen molar-refractivity contribution >= 4 is 23.6 Å². The zero-order valence-electron chi connectivity index (χ0n) is 20.8. The average molecular weight is 450 g/mol. The quantitative estimate of drug-likeness (QED) is 0.304. The molecule has 0 spiro atoms. The van der Waals surface area contributed by atoms with Gasteiger partial charge in [0.25, 0.3) is 5.91 Å². The van der Waals surface area contributed by atoms with Crippen molar-refractivity contribution in [3.8, 4) is 6.07 Å². The van der Waals surface area contributed by atoms with Gasteiger partial charge in [-0.1, -0.05) is 45.9 Å². The topological polar surface area (TPSA) is 84.1 Å². The lowest BCUT2D eigenvalue weighted by atomic mass is 9.98. The van der Waals surface area contributed by atoms with Gasteiger partial charge in [0, 0.05) is 23.6 Å². The van der Waals surface area contributed by atoms with E-state index in [0.717, 1.165) is 46.7 Å². The number of benzene rings is 1. The summed E-state index contributed by atoms with van der Waals surface area (Å²) < 4.78 is 7.34. The Kier molecular flexibility index (Phi) is 9.04. The van der Waals surface area contributed by atoms with Crippen LogP contribution in [0.5, 0.6) is 0 Å². The Bertz CT molecular complexity index is 1080. The van der Waals surface area contributed by atoms with Crippen LogP contribution in [0.1, 0.15) is 68.1 Å². The van der Waals surface area contributed by atoms with Crippen LogP contribution < -0.4 is 5.32 Å². The van der Waals surface area contributed by atoms with Gasteiger partial charge in [-0.3, -0.25) is 4.79 Å². The lowest BCUT2D eigenvalue weighted by Crippen LogP contribution is -2.22. The number of aromatic nitrogens is 1. The van der Waals surface area contributed by atoms with Crippen LogP contribution in [0.15, 0.2) is 29.8 Å². The minimum absolute atomic E-state index is 0.134. The normalized spacial score (nSPS) is 11.6. The summed E-state index contributed by atoms with van der Waals surface area (Å²) in [5, 5.41) is 12.4. The Balaban J connectivity index is 2.09. The molecule has 2 aromatic rings. The summed E-state index contributed by atoms with van der Waals surface area (Å²) in [6, 6.07) is 9.70. The van der Waals surface area contributed by atoms with E-state index in [1.165, 1.54) is 6.08 Å². The molecule has 33 heavy (non-hydrogen) atoms. The molecule has 0 saturated heterocycles. The summed E-state index contributed by atoms with van der Waals surface area (Å²) in [5.74, 6) is -0.440. The lowest BCUT2D eigenvalue weighted by Gasteiger charge is -2.16. The largest absolute Gasteiger partial charge is 0.451 e. The van der Waals surface area contributed by atoms with Crippen molar-refractivity contribution in [3.63, 3.8) is 0 Å². The third-order valence-corrected chi connectivity index (χ3v) is 5.71. The Labute approximate surface area is 197 Å². The minimum atomic E-state index is -0.812. The molecule has 0 unspecified atom stereocenters. The van der Waals surface area contributed by atoms with Crippen molar-refractivity contribution in [2.75, 3.05) is 11.9 Å². The molecule has 0 bridgehead atoms. The number of hydrogen-bond acceptors (Lipinski definition) is 4. The molecule has 1 heterocycles. The third kappa shape index (κ3) is 6.82. The number of carbonyl (C=O) groups excluding carboxylic acids is 2. The number of para-hydroxylation sites is 1. The molecule has 2 rings (SSSR count). The Hall–Kier alpha value is -3.33. The fourth-order valence-corrected chi connectivity index (χ4v) is 3.72. The summed E-state index contributed by atoms with van der Waals surface area (Å²) >= 11 is 0. The van der Waals surface area contributed by atoms with Gasteiger partial charge in [0.05, 0.1) is 0 Å². The highest BCUT2D eigenvalue weighted by atomic mass is 16.5. The van der Waals surface area contributed by atoms with E-state index in [-0.39, 0.29) is 11.5 Å². The van der Waals surface area contributed by atoms with Crippen LogP contribution >= 0.6 is 0 Å². The zero-order valence-corrected chi connectivity index (χ0v) is 20.8. The van der Waals surface area contributed by atoms with Crippen LogP contribution in [-0.2, 0) is 20.9 Å². The SMILES string of the molecule is Cc1cccc(C(C)C)c1NC(=O)COC(=O)/C(C#N)=C/c1cc(C)n(CCC(C)C)c1C. The molecule has 0 atom stereocenters. The summed E-state index contributed by atoms with van der Waals surface area (Å²) in [7, 11) is 0. The van der Waals surface area contributed by atoms with E-state index < -0.39 is 18.5 Å². The summed E-state index contributed by atoms with van der Waals surface area (Å²) in [6.45, 7) is 14.8. The maximum atomic E-state index is 12.5. The molecule has 1 aromatic carbocycles. The predicted octanol–water partition coefficient (Wildman–Crippen LogP) is 5.67. The maximum absolute atomic E-state index is 12.5. The van der Waals surface area contributed by atoms with Crippen molar-refractivity contribution in [1.29, 1.82) is 5.26 Å². The molecule has 6 nitrogen and oxygen atoms in total.